The molecule has 3 heterocycles. The van der Waals surface area contributed by atoms with Crippen LogP contribution in [0.25, 0.3) is 0 Å². The molecule has 0 radical (unpaired) electrons. The van der Waals surface area contributed by atoms with Gasteiger partial charge in [-0.2, -0.15) is 13.2 Å². The maximum absolute atomic E-state index is 13.4. The summed E-state index contributed by atoms with van der Waals surface area (Å²) in [7, 11) is 2.19. The first kappa shape index (κ1) is 30.7. The van der Waals surface area contributed by atoms with Crippen LogP contribution in [0.4, 0.5) is 23.7 Å². The van der Waals surface area contributed by atoms with E-state index in [9.17, 15) is 22.8 Å². The minimum atomic E-state index is -5.08. The number of thiophene rings is 1. The lowest BCUT2D eigenvalue weighted by Gasteiger charge is -2.40. The number of hydrogen-bond donors (Lipinski definition) is 3. The number of nitrogens with zero attached hydrogens (tertiary/aromatic N) is 2. The number of carboxylic acid groups (broad SMARTS) is 1. The number of halogens is 4. The predicted octanol–water partition coefficient (Wildman–Crippen LogP) is 5.48. The number of alkyl halides is 3. The van der Waals surface area contributed by atoms with Gasteiger partial charge in [0.2, 0.25) is 0 Å². The number of carboxylic acids is 1. The minimum Gasteiger partial charge on any atom is -0.475 e. The van der Waals surface area contributed by atoms with E-state index >= 15 is 0 Å². The van der Waals surface area contributed by atoms with Gasteiger partial charge in [-0.25, -0.2) is 9.59 Å². The molecule has 0 unspecified atom stereocenters. The molecule has 2 fully saturated rings. The van der Waals surface area contributed by atoms with Crippen LogP contribution in [0.3, 0.4) is 0 Å². The molecule has 214 valence electrons. The normalized spacial score (nSPS) is 18.0. The quantitative estimate of drug-likeness (QED) is 0.429. The summed E-state index contributed by atoms with van der Waals surface area (Å²) in [5.74, 6) is -1.30. The molecule has 1 aromatic carbocycles. The van der Waals surface area contributed by atoms with Crippen molar-refractivity contribution in [2.75, 3.05) is 38.5 Å². The highest BCUT2D eigenvalue weighted by molar-refractivity contribution is 7.10. The fourth-order valence-corrected chi connectivity index (χ4v) is 5.71. The Kier molecular flexibility index (Phi) is 11.0. The van der Waals surface area contributed by atoms with Gasteiger partial charge >= 0.3 is 18.2 Å². The molecule has 3 amide bonds. The van der Waals surface area contributed by atoms with Gasteiger partial charge in [-0.15, -0.1) is 11.3 Å². The lowest BCUT2D eigenvalue weighted by molar-refractivity contribution is -0.192. The predicted molar refractivity (Wildman–Crippen MR) is 144 cm³/mol. The number of aliphatic carboxylic acids is 1. The fourth-order valence-electron chi connectivity index (χ4n) is 4.82. The molecule has 1 atom stereocenters. The van der Waals surface area contributed by atoms with Crippen LogP contribution in [0.2, 0.25) is 5.02 Å². The third-order valence-electron chi connectivity index (χ3n) is 6.98. The molecule has 13 heteroatoms. The number of amides is 3. The number of nitrogens with one attached hydrogen (secondary N) is 2. The molecule has 0 bridgehead atoms. The van der Waals surface area contributed by atoms with Gasteiger partial charge in [0.1, 0.15) is 6.04 Å². The summed E-state index contributed by atoms with van der Waals surface area (Å²) in [6.45, 7) is 3.88. The lowest BCUT2D eigenvalue weighted by Crippen LogP contribution is -2.47. The van der Waals surface area contributed by atoms with E-state index in [4.69, 9.17) is 21.5 Å². The Hall–Kier alpha value is -2.83. The Morgan fingerprint density at radius 2 is 1.54 bits per heavy atom. The van der Waals surface area contributed by atoms with Crippen molar-refractivity contribution >= 4 is 46.5 Å². The molecular weight excluding hydrogens is 557 g/mol. The monoisotopic (exact) mass is 588 g/mol. The number of anilines is 1. The van der Waals surface area contributed by atoms with Crippen LogP contribution in [0, 0.1) is 11.8 Å². The van der Waals surface area contributed by atoms with Crippen molar-refractivity contribution in [3.63, 3.8) is 0 Å². The van der Waals surface area contributed by atoms with Crippen LogP contribution in [0.5, 0.6) is 0 Å². The number of hydrogen-bond acceptors (Lipinski definition) is 5. The first-order chi connectivity index (χ1) is 18.4. The number of carbonyl (C=O) groups excluding carboxylic acids is 2. The first-order valence-corrected chi connectivity index (χ1v) is 13.8. The van der Waals surface area contributed by atoms with Crippen LogP contribution in [0.1, 0.15) is 36.6 Å². The van der Waals surface area contributed by atoms with Gasteiger partial charge in [-0.1, -0.05) is 17.7 Å². The molecule has 0 aliphatic carbocycles. The van der Waals surface area contributed by atoms with Crippen molar-refractivity contribution in [2.45, 2.75) is 37.9 Å². The van der Waals surface area contributed by atoms with E-state index in [1.165, 1.54) is 37.3 Å². The van der Waals surface area contributed by atoms with Gasteiger partial charge in [0.05, 0.1) is 0 Å². The zero-order chi connectivity index (χ0) is 28.6. The molecule has 1 aromatic heterocycles. The van der Waals surface area contributed by atoms with Crippen LogP contribution < -0.4 is 10.6 Å². The lowest BCUT2D eigenvalue weighted by atomic mass is 9.79. The summed E-state index contributed by atoms with van der Waals surface area (Å²) in [4.78, 5) is 40.1. The van der Waals surface area contributed by atoms with Crippen molar-refractivity contribution in [1.29, 1.82) is 0 Å². The topological polar surface area (TPSA) is 102 Å². The highest BCUT2D eigenvalue weighted by Crippen LogP contribution is 2.33. The summed E-state index contributed by atoms with van der Waals surface area (Å²) < 4.78 is 31.7. The largest absolute Gasteiger partial charge is 0.490 e. The molecule has 0 spiro atoms. The first-order valence-electron chi connectivity index (χ1n) is 12.6. The highest BCUT2D eigenvalue weighted by atomic mass is 35.5. The third-order valence-corrected chi connectivity index (χ3v) is 8.16. The Labute approximate surface area is 234 Å². The van der Waals surface area contributed by atoms with Gasteiger partial charge in [0.15, 0.2) is 0 Å². The van der Waals surface area contributed by atoms with Crippen molar-refractivity contribution in [1.82, 2.24) is 15.1 Å². The summed E-state index contributed by atoms with van der Waals surface area (Å²) in [5, 5.41) is 15.3. The van der Waals surface area contributed by atoms with E-state index in [0.29, 0.717) is 16.6 Å². The van der Waals surface area contributed by atoms with E-state index in [1.54, 1.807) is 24.3 Å². The van der Waals surface area contributed by atoms with Gasteiger partial charge < -0.3 is 25.5 Å². The zero-order valence-corrected chi connectivity index (χ0v) is 23.0. The molecule has 39 heavy (non-hydrogen) atoms. The highest BCUT2D eigenvalue weighted by Gasteiger charge is 2.38. The Balaban J connectivity index is 0.000000532. The second kappa shape index (κ2) is 14.0. The average molecular weight is 589 g/mol. The second-order valence-corrected chi connectivity index (χ2v) is 11.1. The van der Waals surface area contributed by atoms with E-state index in [-0.39, 0.29) is 5.91 Å². The number of carbonyl (C=O) groups is 3. The second-order valence-electron chi connectivity index (χ2n) is 9.66. The van der Waals surface area contributed by atoms with Crippen LogP contribution in [-0.2, 0) is 9.59 Å². The van der Waals surface area contributed by atoms with Gasteiger partial charge in [0.25, 0.3) is 5.91 Å². The summed E-state index contributed by atoms with van der Waals surface area (Å²) >= 11 is 7.40. The zero-order valence-electron chi connectivity index (χ0n) is 21.4. The van der Waals surface area contributed by atoms with Crippen molar-refractivity contribution in [2.24, 2.45) is 11.8 Å². The van der Waals surface area contributed by atoms with E-state index < -0.39 is 24.2 Å². The van der Waals surface area contributed by atoms with Gasteiger partial charge in [-0.3, -0.25) is 4.79 Å². The molecule has 2 saturated heterocycles. The molecule has 2 aliphatic rings. The molecule has 4 rings (SSSR count). The average Bonchev–Trinajstić information content (AvgIpc) is 3.43. The Bertz CT molecular complexity index is 1090. The Morgan fingerprint density at radius 1 is 1.00 bits per heavy atom. The maximum Gasteiger partial charge on any atom is 0.490 e. The van der Waals surface area contributed by atoms with Crippen molar-refractivity contribution < 1.29 is 32.7 Å². The van der Waals surface area contributed by atoms with Crippen molar-refractivity contribution in [3.8, 4) is 0 Å². The minimum absolute atomic E-state index is 0.0273. The van der Waals surface area contributed by atoms with Gasteiger partial charge in [-0.05, 0) is 93.4 Å². The Morgan fingerprint density at radius 3 is 2.03 bits per heavy atom. The summed E-state index contributed by atoms with van der Waals surface area (Å²) in [6.07, 6.45) is -0.457. The maximum atomic E-state index is 13.4. The molecule has 8 nitrogen and oxygen atoms in total. The van der Waals surface area contributed by atoms with Crippen molar-refractivity contribution in [3.05, 3.63) is 51.7 Å². The molecular formula is C26H32ClF3N4O4S. The molecule has 2 aliphatic heterocycles. The summed E-state index contributed by atoms with van der Waals surface area (Å²) in [5.41, 5.74) is 0.628. The molecule has 0 saturated carbocycles. The number of benzene rings is 1. The summed E-state index contributed by atoms with van der Waals surface area (Å²) in [6, 6.07) is 9.63. The molecule has 3 N–H and O–H groups in total. The number of piperidine rings is 2. The SMILES string of the molecule is CN1CCC(C2CCN(C(=O)[C@H](NC(=O)Nc3ccc(Cl)cc3)c3cccs3)CC2)CC1.O=C(O)C(F)(F)F. The van der Waals surface area contributed by atoms with Crippen LogP contribution in [0.15, 0.2) is 41.8 Å². The number of urea groups is 1. The standard InChI is InChI=1S/C24H31ClN4O2S.C2HF3O2/c1-28-12-8-17(9-13-28)18-10-14-29(15-11-18)23(30)22(21-3-2-16-32-21)27-24(31)26-20-6-4-19(25)5-7-20;3-2(4,5)1(6)7/h2-7,16-18,22H,8-15H2,1H3,(H2,26,27,31);(H,6,7)/t22-;/m1./s1. The van der Waals surface area contributed by atoms with Crippen LogP contribution >= 0.6 is 22.9 Å². The fraction of sp³-hybridized carbons (Fsp3) is 0.500. The third kappa shape index (κ3) is 9.40. The van der Waals surface area contributed by atoms with Gasteiger partial charge in [0, 0.05) is 28.7 Å². The smallest absolute Gasteiger partial charge is 0.475 e. The van der Waals surface area contributed by atoms with E-state index in [1.807, 2.05) is 22.4 Å². The van der Waals surface area contributed by atoms with E-state index in [2.05, 4.69) is 22.6 Å². The van der Waals surface area contributed by atoms with E-state index in [0.717, 1.165) is 36.7 Å². The molecule has 2 aromatic rings. The van der Waals surface area contributed by atoms with Crippen LogP contribution in [-0.4, -0.2) is 72.2 Å². The number of rotatable bonds is 5. The number of likely N-dealkylation sites (tertiary alicyclic amines) is 2.